The van der Waals surface area contributed by atoms with E-state index in [9.17, 15) is 4.79 Å². The lowest BCUT2D eigenvalue weighted by atomic mass is 9.88. The summed E-state index contributed by atoms with van der Waals surface area (Å²) >= 11 is 0. The first-order valence-electron chi connectivity index (χ1n) is 27.1. The third-order valence-corrected chi connectivity index (χ3v) is 13.2. The van der Waals surface area contributed by atoms with Crippen LogP contribution in [-0.4, -0.2) is 105 Å². The lowest BCUT2D eigenvalue weighted by molar-refractivity contribution is 0.0696. The molecule has 0 aliphatic carbocycles. The van der Waals surface area contributed by atoms with E-state index in [4.69, 9.17) is 5.11 Å². The van der Waals surface area contributed by atoms with Gasteiger partial charge in [-0.1, -0.05) is 124 Å². The summed E-state index contributed by atoms with van der Waals surface area (Å²) in [6.45, 7) is 57.7. The van der Waals surface area contributed by atoms with Gasteiger partial charge in [-0.05, 0) is 233 Å². The molecule has 3 saturated heterocycles. The topological polar surface area (TPSA) is 50.3 Å². The molecule has 6 nitrogen and oxygen atoms in total. The highest BCUT2D eigenvalue weighted by molar-refractivity contribution is 5.87. The molecule has 1 N–H and O–H groups in total. The standard InChI is InChI=1S/C12H16O2.C12H18.2C10H21N.C9H19N.C8H19N/c1-12(2,3)8-9-5-4-6-10(7-9)11(13)14;1-12(2,3)10-9-11-7-5-4-6-8-11;1-9-5-7-11(8-6-9)10(2,3)4;1-10(2,3)11-8-6-4-5-7-9-11;1-9(2,3)10-7-5-4-6-8-10;1-6-9(7-2)8(3,4)5/h4-7H,8H2,1-3H3,(H,13,14);4-8H,9-10H2,1-3H3;9H,5-8H2,1-4H3;4-9H2,1-3H3;4-8H2,1-3H3;6-7H2,1-5H3. The fourth-order valence-electron chi connectivity index (χ4n) is 8.75. The molecule has 2 aromatic carbocycles. The van der Waals surface area contributed by atoms with Gasteiger partial charge in [-0.3, -0.25) is 19.6 Å². The molecule has 67 heavy (non-hydrogen) atoms. The maximum Gasteiger partial charge on any atom is 0.335 e. The fourth-order valence-corrected chi connectivity index (χ4v) is 8.75. The van der Waals surface area contributed by atoms with E-state index < -0.39 is 5.97 Å². The fraction of sp³-hybridized carbons (Fsp3) is 0.787. The van der Waals surface area contributed by atoms with E-state index in [2.05, 4.69) is 195 Å². The van der Waals surface area contributed by atoms with Crippen LogP contribution in [0, 0.1) is 16.7 Å². The monoisotopic (exact) mass is 935 g/mol. The van der Waals surface area contributed by atoms with Crippen LogP contribution in [0.3, 0.4) is 0 Å². The second-order valence-corrected chi connectivity index (χ2v) is 26.3. The molecule has 0 amide bonds. The van der Waals surface area contributed by atoms with Crippen LogP contribution in [0.1, 0.15) is 231 Å². The number of aryl methyl sites for hydroxylation is 1. The van der Waals surface area contributed by atoms with Crippen molar-refractivity contribution in [3.05, 3.63) is 71.3 Å². The Morgan fingerprint density at radius 2 is 0.925 bits per heavy atom. The first-order valence-corrected chi connectivity index (χ1v) is 27.1. The predicted molar refractivity (Wildman–Crippen MR) is 298 cm³/mol. The van der Waals surface area contributed by atoms with Crippen molar-refractivity contribution in [2.24, 2.45) is 16.7 Å². The molecule has 0 bridgehead atoms. The Labute approximate surface area is 418 Å². The Balaban J connectivity index is 0.000000784. The average Bonchev–Trinajstić information content (AvgIpc) is 3.52. The minimum Gasteiger partial charge on any atom is -0.478 e. The largest absolute Gasteiger partial charge is 0.478 e. The molecule has 3 fully saturated rings. The number of rotatable bonds is 6. The zero-order chi connectivity index (χ0) is 51.7. The van der Waals surface area contributed by atoms with E-state index in [1.807, 2.05) is 6.07 Å². The van der Waals surface area contributed by atoms with Crippen molar-refractivity contribution in [1.29, 1.82) is 0 Å². The maximum atomic E-state index is 10.7. The number of benzene rings is 2. The highest BCUT2D eigenvalue weighted by Gasteiger charge is 2.25. The molecular formula is C61H114N4O2. The van der Waals surface area contributed by atoms with E-state index in [1.54, 1.807) is 18.2 Å². The molecule has 3 heterocycles. The zero-order valence-electron chi connectivity index (χ0n) is 48.6. The van der Waals surface area contributed by atoms with E-state index >= 15 is 0 Å². The number of piperidine rings is 2. The van der Waals surface area contributed by atoms with Crippen molar-refractivity contribution in [1.82, 2.24) is 19.6 Å². The van der Waals surface area contributed by atoms with E-state index in [-0.39, 0.29) is 5.41 Å². The van der Waals surface area contributed by atoms with E-state index in [1.165, 1.54) is 115 Å². The molecule has 0 atom stereocenters. The van der Waals surface area contributed by atoms with Crippen LogP contribution in [-0.2, 0) is 12.8 Å². The van der Waals surface area contributed by atoms with Gasteiger partial charge in [0.1, 0.15) is 0 Å². The van der Waals surface area contributed by atoms with Crippen molar-refractivity contribution in [3.8, 4) is 0 Å². The summed E-state index contributed by atoms with van der Waals surface area (Å²) in [6.07, 6.45) is 16.0. The van der Waals surface area contributed by atoms with Gasteiger partial charge in [0.25, 0.3) is 0 Å². The van der Waals surface area contributed by atoms with Gasteiger partial charge in [-0.15, -0.1) is 0 Å². The van der Waals surface area contributed by atoms with Crippen molar-refractivity contribution in [2.45, 2.75) is 245 Å². The zero-order valence-corrected chi connectivity index (χ0v) is 48.6. The summed E-state index contributed by atoms with van der Waals surface area (Å²) in [5.74, 6) is 0.0920. The summed E-state index contributed by atoms with van der Waals surface area (Å²) in [7, 11) is 0. The lowest BCUT2D eigenvalue weighted by Crippen LogP contribution is -2.45. The number of carbonyl (C=O) groups is 1. The summed E-state index contributed by atoms with van der Waals surface area (Å²) in [4.78, 5) is 20.9. The Bertz CT molecular complexity index is 1520. The van der Waals surface area contributed by atoms with Crippen LogP contribution < -0.4 is 0 Å². The van der Waals surface area contributed by atoms with Crippen LogP contribution in [0.15, 0.2) is 54.6 Å². The minimum absolute atomic E-state index is 0.192. The predicted octanol–water partition coefficient (Wildman–Crippen LogP) is 16.2. The number of likely N-dealkylation sites (tertiary alicyclic amines) is 3. The summed E-state index contributed by atoms with van der Waals surface area (Å²) in [6, 6.07) is 17.8. The molecular weight excluding hydrogens is 821 g/mol. The first-order chi connectivity index (χ1) is 30.7. The third kappa shape index (κ3) is 33.1. The van der Waals surface area contributed by atoms with Gasteiger partial charge in [0.2, 0.25) is 0 Å². The second-order valence-electron chi connectivity index (χ2n) is 26.3. The van der Waals surface area contributed by atoms with E-state index in [0.29, 0.717) is 33.1 Å². The van der Waals surface area contributed by atoms with Gasteiger partial charge in [-0.2, -0.15) is 0 Å². The molecule has 2 aromatic rings. The molecule has 390 valence electrons. The molecule has 0 aromatic heterocycles. The SMILES string of the molecule is CC(C)(C)CCc1ccccc1.CC(C)(C)Cc1cccc(C(=O)O)c1.CC(C)(C)N1CCCCC1.CC(C)(C)N1CCCCCC1.CC1CCN(C(C)(C)C)CC1.CCN(CC)C(C)(C)C. The number of carboxylic acids is 1. The highest BCUT2D eigenvalue weighted by Crippen LogP contribution is 2.25. The number of nitrogens with zero attached hydrogens (tertiary/aromatic N) is 4. The molecule has 0 saturated carbocycles. The smallest absolute Gasteiger partial charge is 0.335 e. The van der Waals surface area contributed by atoms with Crippen molar-refractivity contribution >= 4 is 5.97 Å². The Morgan fingerprint density at radius 3 is 1.25 bits per heavy atom. The Morgan fingerprint density at radius 1 is 0.537 bits per heavy atom. The molecule has 0 radical (unpaired) electrons. The van der Waals surface area contributed by atoms with Gasteiger partial charge >= 0.3 is 5.97 Å². The van der Waals surface area contributed by atoms with Gasteiger partial charge in [0.05, 0.1) is 5.56 Å². The second kappa shape index (κ2) is 31.2. The summed E-state index contributed by atoms with van der Waals surface area (Å²) in [5.41, 5.74) is 5.08. The molecule has 3 aliphatic heterocycles. The number of hydrogen-bond donors (Lipinski definition) is 1. The maximum absolute atomic E-state index is 10.7. The van der Waals surface area contributed by atoms with Crippen LogP contribution in [0.4, 0.5) is 0 Å². The Kier molecular flexibility index (Phi) is 30.1. The summed E-state index contributed by atoms with van der Waals surface area (Å²) < 4.78 is 0. The van der Waals surface area contributed by atoms with Gasteiger partial charge < -0.3 is 5.11 Å². The van der Waals surface area contributed by atoms with Gasteiger partial charge in [0, 0.05) is 22.2 Å². The number of aromatic carboxylic acids is 1. The highest BCUT2D eigenvalue weighted by atomic mass is 16.4. The van der Waals surface area contributed by atoms with Crippen molar-refractivity contribution in [3.63, 3.8) is 0 Å². The molecule has 0 unspecified atom stereocenters. The Hall–Kier alpha value is -2.25. The first kappa shape index (κ1) is 64.8. The summed E-state index contributed by atoms with van der Waals surface area (Å²) in [5, 5.41) is 8.81. The van der Waals surface area contributed by atoms with Crippen molar-refractivity contribution < 1.29 is 9.90 Å². The lowest BCUT2D eigenvalue weighted by Gasteiger charge is -2.40. The van der Waals surface area contributed by atoms with Crippen LogP contribution in [0.5, 0.6) is 0 Å². The minimum atomic E-state index is -0.860. The molecule has 6 heteroatoms. The van der Waals surface area contributed by atoms with Crippen LogP contribution in [0.25, 0.3) is 0 Å². The third-order valence-electron chi connectivity index (χ3n) is 13.2. The van der Waals surface area contributed by atoms with E-state index in [0.717, 1.165) is 31.0 Å². The molecule has 3 aliphatic rings. The van der Waals surface area contributed by atoms with Gasteiger partial charge in [0.15, 0.2) is 0 Å². The average molecular weight is 936 g/mol. The normalized spacial score (nSPS) is 17.3. The van der Waals surface area contributed by atoms with Gasteiger partial charge in [-0.25, -0.2) is 4.79 Å². The van der Waals surface area contributed by atoms with Crippen molar-refractivity contribution in [2.75, 3.05) is 52.4 Å². The quantitative estimate of drug-likeness (QED) is 0.311. The number of hydrogen-bond acceptors (Lipinski definition) is 5. The number of carboxylic acid groups (broad SMARTS) is 1. The van der Waals surface area contributed by atoms with Crippen LogP contribution >= 0.6 is 0 Å². The molecule has 5 rings (SSSR count). The van der Waals surface area contributed by atoms with Crippen LogP contribution in [0.2, 0.25) is 0 Å². The molecule has 0 spiro atoms.